The van der Waals surface area contributed by atoms with Gasteiger partial charge in [-0.15, -0.1) is 0 Å². The number of ether oxygens (including phenoxy) is 1. The number of nitrogens with one attached hydrogen (secondary N) is 1. The van der Waals surface area contributed by atoms with E-state index in [1.807, 2.05) is 0 Å². The lowest BCUT2D eigenvalue weighted by Gasteiger charge is -2.12. The minimum atomic E-state index is 0.368. The molecule has 0 unspecified atom stereocenters. The quantitative estimate of drug-likeness (QED) is 0.628. The highest BCUT2D eigenvalue weighted by atomic mass is 35.5. The van der Waals surface area contributed by atoms with E-state index < -0.39 is 0 Å². The van der Waals surface area contributed by atoms with Crippen LogP contribution in [0.1, 0.15) is 31.4 Å². The highest BCUT2D eigenvalue weighted by molar-refractivity contribution is 6.31. The Morgan fingerprint density at radius 3 is 2.88 bits per heavy atom. The van der Waals surface area contributed by atoms with Crippen molar-refractivity contribution < 1.29 is 4.74 Å². The van der Waals surface area contributed by atoms with Gasteiger partial charge >= 0.3 is 0 Å². The maximum atomic E-state index is 6.03. The molecule has 0 saturated heterocycles. The number of nitrogens with two attached hydrogens (primary N) is 1. The number of nitrogen functional groups attached to an aromatic ring is 1. The summed E-state index contributed by atoms with van der Waals surface area (Å²) in [7, 11) is 0. The lowest BCUT2D eigenvalue weighted by atomic mass is 10.3. The topological polar surface area (TPSA) is 60.2 Å². The number of hydrazine groups is 1. The fourth-order valence-corrected chi connectivity index (χ4v) is 2.08. The Kier molecular flexibility index (Phi) is 3.98. The molecule has 0 aliphatic heterocycles. The summed E-state index contributed by atoms with van der Waals surface area (Å²) < 4.78 is 5.75. The molecule has 5 heteroatoms. The van der Waals surface area contributed by atoms with Crippen LogP contribution in [0, 0.1) is 0 Å². The van der Waals surface area contributed by atoms with Crippen molar-refractivity contribution in [3.63, 3.8) is 0 Å². The second-order valence-electron chi connectivity index (χ2n) is 3.99. The molecule has 0 spiro atoms. The van der Waals surface area contributed by atoms with E-state index in [-0.39, 0.29) is 0 Å². The minimum absolute atomic E-state index is 0.368. The molecule has 1 heterocycles. The molecule has 16 heavy (non-hydrogen) atoms. The largest absolute Gasteiger partial charge is 0.372 e. The summed E-state index contributed by atoms with van der Waals surface area (Å²) in [6, 6.07) is 3.51. The summed E-state index contributed by atoms with van der Waals surface area (Å²) >= 11 is 6.03. The van der Waals surface area contributed by atoms with E-state index in [1.54, 1.807) is 12.1 Å². The Morgan fingerprint density at radius 1 is 1.44 bits per heavy atom. The SMILES string of the molecule is NNc1ccc(Cl)c(COC2CCCC2)n1. The molecule has 0 bridgehead atoms. The third kappa shape index (κ3) is 2.84. The molecule has 0 atom stereocenters. The van der Waals surface area contributed by atoms with Crippen molar-refractivity contribution in [1.29, 1.82) is 0 Å². The highest BCUT2D eigenvalue weighted by Gasteiger charge is 2.16. The summed E-state index contributed by atoms with van der Waals surface area (Å²) in [6.45, 7) is 0.457. The van der Waals surface area contributed by atoms with Crippen LogP contribution in [0.15, 0.2) is 12.1 Å². The first kappa shape index (κ1) is 11.6. The van der Waals surface area contributed by atoms with E-state index >= 15 is 0 Å². The first-order valence-corrected chi connectivity index (χ1v) is 5.91. The Labute approximate surface area is 100 Å². The third-order valence-corrected chi connectivity index (χ3v) is 3.17. The number of pyridine rings is 1. The maximum absolute atomic E-state index is 6.03. The molecule has 3 N–H and O–H groups in total. The number of aromatic nitrogens is 1. The molecule has 4 nitrogen and oxygen atoms in total. The summed E-state index contributed by atoms with van der Waals surface area (Å²) in [5.41, 5.74) is 3.24. The van der Waals surface area contributed by atoms with E-state index in [4.69, 9.17) is 22.2 Å². The number of halogens is 1. The van der Waals surface area contributed by atoms with Gasteiger partial charge in [0.15, 0.2) is 0 Å². The fraction of sp³-hybridized carbons (Fsp3) is 0.545. The van der Waals surface area contributed by atoms with E-state index in [0.29, 0.717) is 23.6 Å². The van der Waals surface area contributed by atoms with Gasteiger partial charge in [-0.1, -0.05) is 24.4 Å². The molecule has 1 aromatic rings. The van der Waals surface area contributed by atoms with Crippen LogP contribution in [0.25, 0.3) is 0 Å². The number of hydrogen-bond donors (Lipinski definition) is 2. The van der Waals surface area contributed by atoms with Crippen LogP contribution in [0.3, 0.4) is 0 Å². The van der Waals surface area contributed by atoms with Crippen molar-refractivity contribution in [1.82, 2.24) is 4.98 Å². The molecule has 1 fully saturated rings. The van der Waals surface area contributed by atoms with Gasteiger partial charge in [-0.25, -0.2) is 10.8 Å². The highest BCUT2D eigenvalue weighted by Crippen LogP contribution is 2.23. The molecule has 2 rings (SSSR count). The van der Waals surface area contributed by atoms with Crippen LogP contribution in [0.5, 0.6) is 0 Å². The van der Waals surface area contributed by atoms with Crippen LogP contribution < -0.4 is 11.3 Å². The van der Waals surface area contributed by atoms with Gasteiger partial charge < -0.3 is 10.2 Å². The van der Waals surface area contributed by atoms with Crippen molar-refractivity contribution in [3.05, 3.63) is 22.8 Å². The molecule has 0 radical (unpaired) electrons. The van der Waals surface area contributed by atoms with Crippen LogP contribution in [-0.4, -0.2) is 11.1 Å². The van der Waals surface area contributed by atoms with Crippen molar-refractivity contribution in [2.24, 2.45) is 5.84 Å². The first-order chi connectivity index (χ1) is 7.79. The van der Waals surface area contributed by atoms with Crippen molar-refractivity contribution in [3.8, 4) is 0 Å². The van der Waals surface area contributed by atoms with E-state index in [2.05, 4.69) is 10.4 Å². The number of nitrogens with zero attached hydrogens (tertiary/aromatic N) is 1. The van der Waals surface area contributed by atoms with Crippen LogP contribution in [0.4, 0.5) is 5.82 Å². The van der Waals surface area contributed by atoms with Gasteiger partial charge in [0, 0.05) is 0 Å². The average molecular weight is 242 g/mol. The Morgan fingerprint density at radius 2 is 2.19 bits per heavy atom. The van der Waals surface area contributed by atoms with Gasteiger partial charge in [-0.05, 0) is 25.0 Å². The Balaban J connectivity index is 1.96. The molecule has 1 aliphatic rings. The summed E-state index contributed by atoms with van der Waals surface area (Å²) in [4.78, 5) is 4.26. The first-order valence-electron chi connectivity index (χ1n) is 5.53. The number of hydrogen-bond acceptors (Lipinski definition) is 4. The third-order valence-electron chi connectivity index (χ3n) is 2.82. The zero-order chi connectivity index (χ0) is 11.4. The van der Waals surface area contributed by atoms with Crippen LogP contribution in [-0.2, 0) is 11.3 Å². The summed E-state index contributed by atoms with van der Waals surface area (Å²) in [5.74, 6) is 5.90. The van der Waals surface area contributed by atoms with Gasteiger partial charge in [0.1, 0.15) is 5.82 Å². The molecular weight excluding hydrogens is 226 g/mol. The monoisotopic (exact) mass is 241 g/mol. The smallest absolute Gasteiger partial charge is 0.140 e. The molecule has 1 aromatic heterocycles. The molecule has 1 aliphatic carbocycles. The number of anilines is 1. The van der Waals surface area contributed by atoms with Gasteiger partial charge in [0.2, 0.25) is 0 Å². The minimum Gasteiger partial charge on any atom is -0.372 e. The fourth-order valence-electron chi connectivity index (χ4n) is 1.92. The second-order valence-corrected chi connectivity index (χ2v) is 4.39. The average Bonchev–Trinajstić information content (AvgIpc) is 2.81. The standard InChI is InChI=1S/C11H16ClN3O/c12-9-5-6-11(15-13)14-10(9)7-16-8-3-1-2-4-8/h5-6,8H,1-4,7,13H2,(H,14,15). The molecule has 88 valence electrons. The lowest BCUT2D eigenvalue weighted by Crippen LogP contribution is -2.12. The van der Waals surface area contributed by atoms with Crippen LogP contribution in [0.2, 0.25) is 5.02 Å². The zero-order valence-electron chi connectivity index (χ0n) is 9.08. The van der Waals surface area contributed by atoms with Gasteiger partial charge in [0.05, 0.1) is 23.4 Å². The van der Waals surface area contributed by atoms with Crippen molar-refractivity contribution in [2.45, 2.75) is 38.4 Å². The normalized spacial score (nSPS) is 16.6. The van der Waals surface area contributed by atoms with Crippen LogP contribution >= 0.6 is 11.6 Å². The van der Waals surface area contributed by atoms with Gasteiger partial charge in [-0.2, -0.15) is 0 Å². The lowest BCUT2D eigenvalue weighted by molar-refractivity contribution is 0.0439. The summed E-state index contributed by atoms with van der Waals surface area (Å²) in [6.07, 6.45) is 5.18. The molecule has 0 amide bonds. The van der Waals surface area contributed by atoms with Gasteiger partial charge in [-0.3, -0.25) is 0 Å². The van der Waals surface area contributed by atoms with Gasteiger partial charge in [0.25, 0.3) is 0 Å². The van der Waals surface area contributed by atoms with Crippen molar-refractivity contribution in [2.75, 3.05) is 5.43 Å². The molecule has 1 saturated carbocycles. The maximum Gasteiger partial charge on any atom is 0.140 e. The predicted octanol–water partition coefficient (Wildman–Crippen LogP) is 2.48. The Bertz CT molecular complexity index is 353. The van der Waals surface area contributed by atoms with Crippen molar-refractivity contribution >= 4 is 17.4 Å². The summed E-state index contributed by atoms with van der Waals surface area (Å²) in [5, 5.41) is 0.622. The number of rotatable bonds is 4. The molecule has 0 aromatic carbocycles. The second kappa shape index (κ2) is 5.48. The zero-order valence-corrected chi connectivity index (χ0v) is 9.83. The Hall–Kier alpha value is -0.840. The predicted molar refractivity (Wildman–Crippen MR) is 64.1 cm³/mol. The van der Waals surface area contributed by atoms with E-state index in [9.17, 15) is 0 Å². The molecular formula is C11H16ClN3O. The van der Waals surface area contributed by atoms with E-state index in [0.717, 1.165) is 18.5 Å². The van der Waals surface area contributed by atoms with E-state index in [1.165, 1.54) is 12.8 Å².